The second kappa shape index (κ2) is 7.51. The average Bonchev–Trinajstić information content (AvgIpc) is 2.95. The number of benzene rings is 1. The molecule has 0 aliphatic carbocycles. The van der Waals surface area contributed by atoms with Gasteiger partial charge in [-0.05, 0) is 12.1 Å². The van der Waals surface area contributed by atoms with Crippen LogP contribution in [0.2, 0.25) is 5.02 Å². The van der Waals surface area contributed by atoms with Crippen LogP contribution in [0.4, 0.5) is 0 Å². The molecular formula is C14H15ClN2O3S. The molecule has 0 aliphatic heterocycles. The van der Waals surface area contributed by atoms with E-state index in [0.717, 1.165) is 10.6 Å². The van der Waals surface area contributed by atoms with Gasteiger partial charge >= 0.3 is 0 Å². The highest BCUT2D eigenvalue weighted by Crippen LogP contribution is 2.25. The van der Waals surface area contributed by atoms with Gasteiger partial charge in [-0.2, -0.15) is 0 Å². The molecule has 2 rings (SSSR count). The van der Waals surface area contributed by atoms with E-state index in [4.69, 9.17) is 16.3 Å². The van der Waals surface area contributed by atoms with Gasteiger partial charge in [-0.1, -0.05) is 23.7 Å². The summed E-state index contributed by atoms with van der Waals surface area (Å²) in [4.78, 5) is 16.2. The number of nitrogens with zero attached hydrogens (tertiary/aromatic N) is 1. The number of hydrogen-bond acceptors (Lipinski definition) is 5. The van der Waals surface area contributed by atoms with E-state index in [-0.39, 0.29) is 19.1 Å². The molecule has 2 aromatic rings. The van der Waals surface area contributed by atoms with Crippen LogP contribution in [0.15, 0.2) is 29.6 Å². The van der Waals surface area contributed by atoms with Gasteiger partial charge in [0, 0.05) is 29.6 Å². The number of halogens is 1. The van der Waals surface area contributed by atoms with Gasteiger partial charge in [0.25, 0.3) is 5.91 Å². The number of amides is 1. The largest absolute Gasteiger partial charge is 0.389 e. The van der Waals surface area contributed by atoms with Crippen molar-refractivity contribution in [2.75, 3.05) is 20.3 Å². The van der Waals surface area contributed by atoms with E-state index in [9.17, 15) is 9.90 Å². The fraction of sp³-hybridized carbons (Fsp3) is 0.286. The molecule has 0 bridgehead atoms. The molecule has 7 heteroatoms. The third-order valence-electron chi connectivity index (χ3n) is 2.67. The lowest BCUT2D eigenvalue weighted by molar-refractivity contribution is 0.0609. The number of aliphatic hydroxyl groups is 1. The molecule has 0 saturated carbocycles. The molecule has 1 unspecified atom stereocenters. The van der Waals surface area contributed by atoms with Crippen LogP contribution in [0.3, 0.4) is 0 Å². The number of aromatic nitrogens is 1. The van der Waals surface area contributed by atoms with Crippen molar-refractivity contribution >= 4 is 28.8 Å². The molecule has 1 amide bonds. The van der Waals surface area contributed by atoms with Crippen molar-refractivity contribution in [3.63, 3.8) is 0 Å². The van der Waals surface area contributed by atoms with E-state index >= 15 is 0 Å². The summed E-state index contributed by atoms with van der Waals surface area (Å²) >= 11 is 7.30. The van der Waals surface area contributed by atoms with Gasteiger partial charge in [0.1, 0.15) is 10.7 Å². The molecular weight excluding hydrogens is 312 g/mol. The summed E-state index contributed by atoms with van der Waals surface area (Å²) in [5.74, 6) is -0.324. The first-order valence-electron chi connectivity index (χ1n) is 6.27. The molecule has 21 heavy (non-hydrogen) atoms. The van der Waals surface area contributed by atoms with Crippen LogP contribution in [0.25, 0.3) is 10.6 Å². The van der Waals surface area contributed by atoms with E-state index in [1.165, 1.54) is 18.4 Å². The Hall–Kier alpha value is -1.47. The third-order valence-corrected chi connectivity index (χ3v) is 3.79. The molecule has 5 nitrogen and oxygen atoms in total. The quantitative estimate of drug-likeness (QED) is 0.853. The zero-order valence-electron chi connectivity index (χ0n) is 11.4. The lowest BCUT2D eigenvalue weighted by atomic mass is 10.2. The Bertz CT molecular complexity index is 618. The topological polar surface area (TPSA) is 71.5 Å². The summed E-state index contributed by atoms with van der Waals surface area (Å²) in [6, 6.07) is 7.29. The number of carbonyl (C=O) groups excluding carboxylic acids is 1. The van der Waals surface area contributed by atoms with Crippen LogP contribution >= 0.6 is 22.9 Å². The molecule has 0 saturated heterocycles. The minimum absolute atomic E-state index is 0.122. The number of ether oxygens (including phenoxy) is 1. The average molecular weight is 327 g/mol. The van der Waals surface area contributed by atoms with Gasteiger partial charge in [-0.15, -0.1) is 11.3 Å². The lowest BCUT2D eigenvalue weighted by Crippen LogP contribution is -2.34. The SMILES string of the molecule is COCC(O)CNC(=O)c1csc(-c2cccc(Cl)c2)n1. The van der Waals surface area contributed by atoms with E-state index in [1.54, 1.807) is 17.5 Å². The van der Waals surface area contributed by atoms with Crippen LogP contribution in [0, 0.1) is 0 Å². The van der Waals surface area contributed by atoms with Gasteiger partial charge in [-0.25, -0.2) is 4.98 Å². The first kappa shape index (κ1) is 15.9. The highest BCUT2D eigenvalue weighted by atomic mass is 35.5. The number of aliphatic hydroxyl groups excluding tert-OH is 1. The van der Waals surface area contributed by atoms with Crippen molar-refractivity contribution in [1.82, 2.24) is 10.3 Å². The normalized spacial score (nSPS) is 12.1. The maximum absolute atomic E-state index is 11.9. The molecule has 0 aliphatic rings. The number of hydrogen-bond donors (Lipinski definition) is 2. The monoisotopic (exact) mass is 326 g/mol. The minimum atomic E-state index is -0.731. The van der Waals surface area contributed by atoms with Crippen molar-refractivity contribution in [1.29, 1.82) is 0 Å². The number of nitrogens with one attached hydrogen (secondary N) is 1. The highest BCUT2D eigenvalue weighted by Gasteiger charge is 2.13. The van der Waals surface area contributed by atoms with E-state index in [1.807, 2.05) is 12.1 Å². The number of thiazole rings is 1. The number of methoxy groups -OCH3 is 1. The molecule has 112 valence electrons. The molecule has 1 heterocycles. The summed E-state index contributed by atoms with van der Waals surface area (Å²) < 4.78 is 4.79. The van der Waals surface area contributed by atoms with Crippen LogP contribution in [-0.4, -0.2) is 42.4 Å². The zero-order valence-corrected chi connectivity index (χ0v) is 12.9. The number of rotatable bonds is 6. The Balaban J connectivity index is 2.01. The van der Waals surface area contributed by atoms with Crippen molar-refractivity contribution in [2.24, 2.45) is 0 Å². The predicted molar refractivity (Wildman–Crippen MR) is 82.8 cm³/mol. The first-order chi connectivity index (χ1) is 10.1. The van der Waals surface area contributed by atoms with Crippen LogP contribution in [0.1, 0.15) is 10.5 Å². The molecule has 1 atom stereocenters. The standard InChI is InChI=1S/C14H15ClN2O3S/c1-20-7-11(18)6-16-13(19)12-8-21-14(17-12)9-3-2-4-10(15)5-9/h2-5,8,11,18H,6-7H2,1H3,(H,16,19). The fourth-order valence-electron chi connectivity index (χ4n) is 1.68. The summed E-state index contributed by atoms with van der Waals surface area (Å²) in [5.41, 5.74) is 1.19. The van der Waals surface area contributed by atoms with Crippen molar-refractivity contribution in [3.8, 4) is 10.6 Å². The van der Waals surface area contributed by atoms with E-state index in [0.29, 0.717) is 10.7 Å². The molecule has 0 radical (unpaired) electrons. The maximum Gasteiger partial charge on any atom is 0.270 e. The summed E-state index contributed by atoms with van der Waals surface area (Å²) in [6.07, 6.45) is -0.731. The molecule has 0 fully saturated rings. The Kier molecular flexibility index (Phi) is 5.69. The van der Waals surface area contributed by atoms with E-state index < -0.39 is 6.10 Å². The third kappa shape index (κ3) is 4.50. The molecule has 2 N–H and O–H groups in total. The fourth-order valence-corrected chi connectivity index (χ4v) is 2.67. The Labute approximate surface area is 131 Å². The second-order valence-electron chi connectivity index (χ2n) is 4.37. The Morgan fingerprint density at radius 2 is 2.38 bits per heavy atom. The van der Waals surface area contributed by atoms with Gasteiger partial charge < -0.3 is 15.2 Å². The molecule has 1 aromatic heterocycles. The summed E-state index contributed by atoms with van der Waals surface area (Å²) in [7, 11) is 1.49. The minimum Gasteiger partial charge on any atom is -0.389 e. The second-order valence-corrected chi connectivity index (χ2v) is 5.66. The number of carbonyl (C=O) groups is 1. The Morgan fingerprint density at radius 1 is 1.57 bits per heavy atom. The highest BCUT2D eigenvalue weighted by molar-refractivity contribution is 7.13. The summed E-state index contributed by atoms with van der Waals surface area (Å²) in [5, 5.41) is 15.1. The first-order valence-corrected chi connectivity index (χ1v) is 7.52. The molecule has 0 spiro atoms. The lowest BCUT2D eigenvalue weighted by Gasteiger charge is -2.09. The van der Waals surface area contributed by atoms with Gasteiger partial charge in [0.2, 0.25) is 0 Å². The summed E-state index contributed by atoms with van der Waals surface area (Å²) in [6.45, 7) is 0.293. The maximum atomic E-state index is 11.9. The predicted octanol–water partition coefficient (Wildman–Crippen LogP) is 2.20. The van der Waals surface area contributed by atoms with Crippen LogP contribution < -0.4 is 5.32 Å². The van der Waals surface area contributed by atoms with Crippen molar-refractivity contribution in [3.05, 3.63) is 40.4 Å². The van der Waals surface area contributed by atoms with Crippen LogP contribution in [-0.2, 0) is 4.74 Å². The van der Waals surface area contributed by atoms with Gasteiger partial charge in [0.15, 0.2) is 0 Å². The van der Waals surface area contributed by atoms with Crippen molar-refractivity contribution < 1.29 is 14.6 Å². The van der Waals surface area contributed by atoms with Gasteiger partial charge in [0.05, 0.1) is 12.7 Å². The zero-order chi connectivity index (χ0) is 15.2. The Morgan fingerprint density at radius 3 is 3.10 bits per heavy atom. The molecule has 1 aromatic carbocycles. The smallest absolute Gasteiger partial charge is 0.270 e. The van der Waals surface area contributed by atoms with Crippen LogP contribution in [0.5, 0.6) is 0 Å². The van der Waals surface area contributed by atoms with Crippen molar-refractivity contribution in [2.45, 2.75) is 6.10 Å². The van der Waals surface area contributed by atoms with E-state index in [2.05, 4.69) is 10.3 Å². The van der Waals surface area contributed by atoms with Gasteiger partial charge in [-0.3, -0.25) is 4.79 Å².